The monoisotopic (exact) mass is 422 g/mol. The van der Waals surface area contributed by atoms with Crippen molar-refractivity contribution in [1.82, 2.24) is 29.8 Å². The Bertz CT molecular complexity index is 937. The van der Waals surface area contributed by atoms with Crippen molar-refractivity contribution < 1.29 is 4.79 Å². The average Bonchev–Trinajstić information content (AvgIpc) is 3.31. The Morgan fingerprint density at radius 2 is 1.97 bits per heavy atom. The van der Waals surface area contributed by atoms with E-state index in [-0.39, 0.29) is 42.4 Å². The van der Waals surface area contributed by atoms with Crippen molar-refractivity contribution in [2.24, 2.45) is 0 Å². The van der Waals surface area contributed by atoms with E-state index in [9.17, 15) is 9.59 Å². The van der Waals surface area contributed by atoms with Gasteiger partial charge in [0.15, 0.2) is 0 Å². The van der Waals surface area contributed by atoms with Crippen LogP contribution < -0.4 is 10.9 Å². The minimum Gasteiger partial charge on any atom is -0.350 e. The summed E-state index contributed by atoms with van der Waals surface area (Å²) in [6.07, 6.45) is 6.22. The van der Waals surface area contributed by atoms with E-state index in [1.54, 1.807) is 10.9 Å². The van der Waals surface area contributed by atoms with Gasteiger partial charge >= 0.3 is 0 Å². The van der Waals surface area contributed by atoms with Crippen molar-refractivity contribution >= 4 is 29.2 Å². The van der Waals surface area contributed by atoms with Crippen LogP contribution in [0, 0.1) is 0 Å². The van der Waals surface area contributed by atoms with Crippen LogP contribution in [0.15, 0.2) is 11.0 Å². The third kappa shape index (κ3) is 4.19. The number of aromatic nitrogens is 4. The van der Waals surface area contributed by atoms with Gasteiger partial charge in [0.1, 0.15) is 12.1 Å². The maximum Gasteiger partial charge on any atom is 0.278 e. The molecule has 29 heavy (non-hydrogen) atoms. The number of nitrogens with one attached hydrogen (secondary N) is 1. The van der Waals surface area contributed by atoms with Gasteiger partial charge in [-0.15, -0.1) is 12.4 Å². The average molecular weight is 423 g/mol. The Balaban J connectivity index is 0.00000240. The fraction of sp³-hybridized carbons (Fsp3) is 0.700. The number of hydrogen-bond acceptors (Lipinski definition) is 5. The topological polar surface area (TPSA) is 85.0 Å². The number of nitrogens with zero attached hydrogens (tertiary/aromatic N) is 5. The van der Waals surface area contributed by atoms with Crippen molar-refractivity contribution in [2.45, 2.75) is 77.5 Å². The minimum atomic E-state index is -0.250. The summed E-state index contributed by atoms with van der Waals surface area (Å²) in [6, 6.07) is 0.620. The molecule has 4 heterocycles. The molecule has 0 aliphatic carbocycles. The molecular formula is C20H31ClN6O2. The molecule has 1 N–H and O–H groups in total. The first-order valence-corrected chi connectivity index (χ1v) is 10.5. The molecule has 2 aliphatic rings. The molecule has 1 amide bonds. The second kappa shape index (κ2) is 8.83. The molecule has 2 aliphatic heterocycles. The van der Waals surface area contributed by atoms with Crippen LogP contribution >= 0.6 is 12.4 Å². The van der Waals surface area contributed by atoms with E-state index in [1.807, 2.05) is 20.8 Å². The van der Waals surface area contributed by atoms with E-state index in [4.69, 9.17) is 0 Å². The molecule has 0 bridgehead atoms. The van der Waals surface area contributed by atoms with Crippen molar-refractivity contribution in [3.63, 3.8) is 0 Å². The Morgan fingerprint density at radius 1 is 1.24 bits per heavy atom. The molecule has 0 saturated carbocycles. The van der Waals surface area contributed by atoms with Gasteiger partial charge in [-0.1, -0.05) is 13.8 Å². The van der Waals surface area contributed by atoms with E-state index in [2.05, 4.69) is 20.4 Å². The van der Waals surface area contributed by atoms with Crippen molar-refractivity contribution in [2.75, 3.05) is 13.1 Å². The number of hydrogen-bond donors (Lipinski definition) is 1. The smallest absolute Gasteiger partial charge is 0.278 e. The van der Waals surface area contributed by atoms with Gasteiger partial charge in [0, 0.05) is 24.8 Å². The third-order valence-electron chi connectivity index (χ3n) is 6.05. The van der Waals surface area contributed by atoms with Gasteiger partial charge in [0.05, 0.1) is 11.1 Å². The van der Waals surface area contributed by atoms with Crippen LogP contribution in [0.4, 0.5) is 0 Å². The fourth-order valence-corrected chi connectivity index (χ4v) is 4.64. The van der Waals surface area contributed by atoms with Crippen LogP contribution in [-0.4, -0.2) is 55.5 Å². The maximum atomic E-state index is 12.9. The lowest BCUT2D eigenvalue weighted by molar-refractivity contribution is -0.123. The zero-order chi connectivity index (χ0) is 19.8. The number of halogens is 1. The summed E-state index contributed by atoms with van der Waals surface area (Å²) < 4.78 is 3.06. The van der Waals surface area contributed by atoms with Crippen LogP contribution in [-0.2, 0) is 17.9 Å². The highest BCUT2D eigenvalue weighted by atomic mass is 35.5. The molecule has 2 saturated heterocycles. The molecular weight excluding hydrogens is 392 g/mol. The first kappa shape index (κ1) is 21.8. The summed E-state index contributed by atoms with van der Waals surface area (Å²) >= 11 is 0. The molecule has 0 radical (unpaired) electrons. The van der Waals surface area contributed by atoms with Gasteiger partial charge in [-0.3, -0.25) is 19.2 Å². The van der Waals surface area contributed by atoms with E-state index < -0.39 is 0 Å². The molecule has 0 spiro atoms. The van der Waals surface area contributed by atoms with Crippen LogP contribution in [0.1, 0.15) is 58.1 Å². The lowest BCUT2D eigenvalue weighted by Gasteiger charge is -2.37. The summed E-state index contributed by atoms with van der Waals surface area (Å²) in [5.41, 5.74) is 1.15. The number of piperidine rings is 1. The Morgan fingerprint density at radius 3 is 2.66 bits per heavy atom. The molecule has 4 rings (SSSR count). The first-order valence-electron chi connectivity index (χ1n) is 10.5. The van der Waals surface area contributed by atoms with E-state index >= 15 is 0 Å². The standard InChI is InChI=1S/C20H30N6O2.ClH/c1-4-25-11-14-19(22-25)18(13(2)3)23-26(20(14)28)12-17(27)21-15-7-5-9-24-10-6-8-16(15)24;/h11,13,15-16H,4-10,12H2,1-3H3,(H,21,27);1H. The predicted octanol–water partition coefficient (Wildman–Crippen LogP) is 1.90. The number of fused-ring (bicyclic) bond motifs is 2. The van der Waals surface area contributed by atoms with Gasteiger partial charge in [0.25, 0.3) is 5.56 Å². The number of carbonyl (C=O) groups excluding carboxylic acids is 1. The highest BCUT2D eigenvalue weighted by Crippen LogP contribution is 2.27. The summed E-state index contributed by atoms with van der Waals surface area (Å²) in [6.45, 7) is 8.94. The third-order valence-corrected chi connectivity index (χ3v) is 6.05. The zero-order valence-corrected chi connectivity index (χ0v) is 18.2. The molecule has 2 unspecified atom stereocenters. The molecule has 2 fully saturated rings. The quantitative estimate of drug-likeness (QED) is 0.795. The first-order chi connectivity index (χ1) is 13.5. The second-order valence-electron chi connectivity index (χ2n) is 8.31. The van der Waals surface area contributed by atoms with Crippen molar-refractivity contribution in [3.8, 4) is 0 Å². The van der Waals surface area contributed by atoms with Gasteiger partial charge in [-0.25, -0.2) is 4.68 Å². The molecule has 160 valence electrons. The van der Waals surface area contributed by atoms with Crippen LogP contribution in [0.25, 0.3) is 10.9 Å². The SMILES string of the molecule is CCn1cc2c(=O)n(CC(=O)NC3CCCN4CCCC34)nc(C(C)C)c2n1.Cl. The summed E-state index contributed by atoms with van der Waals surface area (Å²) in [5, 5.41) is 12.7. The Labute approximate surface area is 177 Å². The number of rotatable bonds is 5. The molecule has 2 aromatic heterocycles. The Hall–Kier alpha value is -1.93. The van der Waals surface area contributed by atoms with Crippen LogP contribution in [0.2, 0.25) is 0 Å². The molecule has 0 aromatic carbocycles. The second-order valence-corrected chi connectivity index (χ2v) is 8.31. The zero-order valence-electron chi connectivity index (χ0n) is 17.4. The number of carbonyl (C=O) groups is 1. The van der Waals surface area contributed by atoms with Crippen molar-refractivity contribution in [3.05, 3.63) is 22.2 Å². The fourth-order valence-electron chi connectivity index (χ4n) is 4.64. The van der Waals surface area contributed by atoms with E-state index in [0.717, 1.165) is 38.0 Å². The molecule has 9 heteroatoms. The van der Waals surface area contributed by atoms with Crippen LogP contribution in [0.3, 0.4) is 0 Å². The minimum absolute atomic E-state index is 0. The van der Waals surface area contributed by atoms with E-state index in [1.165, 1.54) is 11.1 Å². The Kier molecular flexibility index (Phi) is 6.63. The van der Waals surface area contributed by atoms with Gasteiger partial charge in [0.2, 0.25) is 5.91 Å². The molecule has 2 atom stereocenters. The van der Waals surface area contributed by atoms with E-state index in [0.29, 0.717) is 23.5 Å². The van der Waals surface area contributed by atoms with Gasteiger partial charge < -0.3 is 5.32 Å². The lowest BCUT2D eigenvalue weighted by atomic mass is 9.96. The number of amides is 1. The highest BCUT2D eigenvalue weighted by molar-refractivity contribution is 5.85. The predicted molar refractivity (Wildman–Crippen MR) is 115 cm³/mol. The summed E-state index contributed by atoms with van der Waals surface area (Å²) in [7, 11) is 0. The maximum absolute atomic E-state index is 12.9. The molecule has 2 aromatic rings. The van der Waals surface area contributed by atoms with Gasteiger partial charge in [-0.05, 0) is 51.6 Å². The van der Waals surface area contributed by atoms with Crippen molar-refractivity contribution in [1.29, 1.82) is 0 Å². The molecule has 8 nitrogen and oxygen atoms in total. The summed E-state index contributed by atoms with van der Waals surface area (Å²) in [5.74, 6) is -0.0201. The van der Waals surface area contributed by atoms with Gasteiger partial charge in [-0.2, -0.15) is 10.2 Å². The summed E-state index contributed by atoms with van der Waals surface area (Å²) in [4.78, 5) is 28.1. The lowest BCUT2D eigenvalue weighted by Crippen LogP contribution is -2.53. The number of aryl methyl sites for hydroxylation is 1. The largest absolute Gasteiger partial charge is 0.350 e. The normalized spacial score (nSPS) is 21.9. The van der Waals surface area contributed by atoms with Crippen LogP contribution in [0.5, 0.6) is 0 Å². The highest BCUT2D eigenvalue weighted by Gasteiger charge is 2.35.